The third kappa shape index (κ3) is 4.57. The number of likely N-dealkylation sites (N-methyl/N-ethyl adjacent to an activating group) is 1. The van der Waals surface area contributed by atoms with E-state index >= 15 is 0 Å². The van der Waals surface area contributed by atoms with E-state index in [0.717, 1.165) is 37.8 Å². The van der Waals surface area contributed by atoms with Crippen molar-refractivity contribution in [1.82, 2.24) is 10.2 Å². The Hall–Kier alpha value is -0.120. The van der Waals surface area contributed by atoms with Crippen LogP contribution >= 0.6 is 0 Å². The fourth-order valence-electron chi connectivity index (χ4n) is 2.79. The summed E-state index contributed by atoms with van der Waals surface area (Å²) in [5.41, 5.74) is 0.00139. The Morgan fingerprint density at radius 2 is 1.88 bits per heavy atom. The minimum atomic E-state index is 0.00139. The molecule has 1 aliphatic carbocycles. The number of nitrogens with zero attached hydrogens (tertiary/aromatic N) is 1. The first-order valence-electron chi connectivity index (χ1n) is 7.00. The lowest BCUT2D eigenvalue weighted by atomic mass is 9.73. The molecule has 0 radical (unpaired) electrons. The van der Waals surface area contributed by atoms with Gasteiger partial charge in [-0.05, 0) is 51.6 Å². The van der Waals surface area contributed by atoms with Crippen LogP contribution in [0.5, 0.6) is 0 Å². The molecule has 102 valence electrons. The number of nitrogens with one attached hydrogen (secondary N) is 1. The van der Waals surface area contributed by atoms with Crippen LogP contribution in [0.15, 0.2) is 0 Å². The summed E-state index contributed by atoms with van der Waals surface area (Å²) in [7, 11) is 4.17. The molecule has 0 heterocycles. The molecule has 0 saturated heterocycles. The fraction of sp³-hybridized carbons (Fsp3) is 1.00. The highest BCUT2D eigenvalue weighted by Gasteiger charge is 2.34. The summed E-state index contributed by atoms with van der Waals surface area (Å²) in [5, 5.41) is 13.2. The van der Waals surface area contributed by atoms with Crippen LogP contribution in [0, 0.1) is 11.8 Å². The van der Waals surface area contributed by atoms with Gasteiger partial charge >= 0.3 is 0 Å². The molecule has 1 rings (SSSR count). The number of rotatable bonds is 6. The van der Waals surface area contributed by atoms with Crippen LogP contribution in [-0.4, -0.2) is 49.3 Å². The van der Waals surface area contributed by atoms with Crippen molar-refractivity contribution >= 4 is 0 Å². The molecule has 1 aliphatic rings. The maximum absolute atomic E-state index is 9.66. The van der Waals surface area contributed by atoms with Crippen molar-refractivity contribution in [2.75, 3.05) is 33.8 Å². The molecule has 1 saturated carbocycles. The molecule has 0 amide bonds. The summed E-state index contributed by atoms with van der Waals surface area (Å²) < 4.78 is 0. The summed E-state index contributed by atoms with van der Waals surface area (Å²) in [5.74, 6) is 1.64. The Bertz CT molecular complexity index is 203. The van der Waals surface area contributed by atoms with Gasteiger partial charge in [-0.3, -0.25) is 0 Å². The Kier molecular flexibility index (Phi) is 5.90. The van der Waals surface area contributed by atoms with E-state index in [0.29, 0.717) is 0 Å². The van der Waals surface area contributed by atoms with E-state index in [2.05, 4.69) is 38.2 Å². The van der Waals surface area contributed by atoms with Crippen LogP contribution in [0.25, 0.3) is 0 Å². The first kappa shape index (κ1) is 14.9. The van der Waals surface area contributed by atoms with Crippen LogP contribution in [0.3, 0.4) is 0 Å². The summed E-state index contributed by atoms with van der Waals surface area (Å²) >= 11 is 0. The van der Waals surface area contributed by atoms with Crippen molar-refractivity contribution in [3.8, 4) is 0 Å². The second kappa shape index (κ2) is 6.72. The van der Waals surface area contributed by atoms with Crippen molar-refractivity contribution in [1.29, 1.82) is 0 Å². The largest absolute Gasteiger partial charge is 0.394 e. The number of aliphatic hydroxyl groups excluding tert-OH is 1. The zero-order chi connectivity index (χ0) is 12.9. The molecule has 1 fully saturated rings. The molecule has 0 aromatic rings. The maximum atomic E-state index is 9.66. The number of hydrogen-bond acceptors (Lipinski definition) is 3. The number of hydrogen-bond donors (Lipinski definition) is 2. The summed E-state index contributed by atoms with van der Waals surface area (Å²) in [6.07, 6.45) is 4.76. The van der Waals surface area contributed by atoms with Crippen molar-refractivity contribution < 1.29 is 5.11 Å². The topological polar surface area (TPSA) is 35.5 Å². The number of aliphatic hydroxyl groups is 1. The first-order valence-corrected chi connectivity index (χ1v) is 7.00. The molecule has 0 bridgehead atoms. The highest BCUT2D eigenvalue weighted by Crippen LogP contribution is 2.35. The molecule has 2 N–H and O–H groups in total. The monoisotopic (exact) mass is 242 g/mol. The lowest BCUT2D eigenvalue weighted by Crippen LogP contribution is -2.52. The Balaban J connectivity index is 2.38. The van der Waals surface area contributed by atoms with Crippen LogP contribution in [0.2, 0.25) is 0 Å². The normalized spacial score (nSPS) is 30.2. The van der Waals surface area contributed by atoms with Crippen LogP contribution in [0.4, 0.5) is 0 Å². The van der Waals surface area contributed by atoms with Gasteiger partial charge in [0.1, 0.15) is 0 Å². The van der Waals surface area contributed by atoms with Gasteiger partial charge in [0.2, 0.25) is 0 Å². The van der Waals surface area contributed by atoms with Gasteiger partial charge < -0.3 is 15.3 Å². The van der Waals surface area contributed by atoms with Gasteiger partial charge in [0.25, 0.3) is 0 Å². The SMILES string of the molecule is CC(C)C1CCC(CO)(NCCN(C)C)CC1. The second-order valence-corrected chi connectivity index (χ2v) is 6.25. The van der Waals surface area contributed by atoms with Gasteiger partial charge in [0, 0.05) is 18.6 Å². The van der Waals surface area contributed by atoms with Crippen molar-refractivity contribution in [2.24, 2.45) is 11.8 Å². The second-order valence-electron chi connectivity index (χ2n) is 6.25. The quantitative estimate of drug-likeness (QED) is 0.744. The molecular weight excluding hydrogens is 212 g/mol. The lowest BCUT2D eigenvalue weighted by Gasteiger charge is -2.41. The van der Waals surface area contributed by atoms with Crippen LogP contribution in [0.1, 0.15) is 39.5 Å². The molecule has 0 spiro atoms. The molecular formula is C14H30N2O. The summed E-state index contributed by atoms with van der Waals surface area (Å²) in [6, 6.07) is 0. The van der Waals surface area contributed by atoms with Crippen LogP contribution in [-0.2, 0) is 0 Å². The third-order valence-corrected chi connectivity index (χ3v) is 4.29. The first-order chi connectivity index (χ1) is 7.99. The van der Waals surface area contributed by atoms with E-state index in [1.165, 1.54) is 12.8 Å². The van der Waals surface area contributed by atoms with Gasteiger partial charge in [0.05, 0.1) is 6.61 Å². The van der Waals surface area contributed by atoms with E-state index < -0.39 is 0 Å². The predicted octanol–water partition coefficient (Wildman–Crippen LogP) is 1.71. The van der Waals surface area contributed by atoms with Crippen LogP contribution < -0.4 is 5.32 Å². The van der Waals surface area contributed by atoms with Gasteiger partial charge in [-0.25, -0.2) is 0 Å². The summed E-state index contributed by atoms with van der Waals surface area (Å²) in [6.45, 7) is 6.92. The molecule has 0 aliphatic heterocycles. The third-order valence-electron chi connectivity index (χ3n) is 4.29. The zero-order valence-corrected chi connectivity index (χ0v) is 12.0. The molecule has 0 unspecified atom stereocenters. The van der Waals surface area contributed by atoms with E-state index in [4.69, 9.17) is 0 Å². The highest BCUT2D eigenvalue weighted by molar-refractivity contribution is 4.93. The smallest absolute Gasteiger partial charge is 0.0613 e. The van der Waals surface area contributed by atoms with Gasteiger partial charge in [-0.15, -0.1) is 0 Å². The van der Waals surface area contributed by atoms with Crippen molar-refractivity contribution in [3.05, 3.63) is 0 Å². The van der Waals surface area contributed by atoms with E-state index in [1.54, 1.807) is 0 Å². The Labute approximate surface area is 107 Å². The highest BCUT2D eigenvalue weighted by atomic mass is 16.3. The predicted molar refractivity (Wildman–Crippen MR) is 73.2 cm³/mol. The average Bonchev–Trinajstić information content (AvgIpc) is 2.29. The van der Waals surface area contributed by atoms with E-state index in [9.17, 15) is 5.11 Å². The molecule has 0 aromatic carbocycles. The average molecular weight is 242 g/mol. The minimum Gasteiger partial charge on any atom is -0.394 e. The van der Waals surface area contributed by atoms with E-state index in [-0.39, 0.29) is 12.1 Å². The minimum absolute atomic E-state index is 0.00139. The molecule has 0 atom stereocenters. The lowest BCUT2D eigenvalue weighted by molar-refractivity contribution is 0.0898. The van der Waals surface area contributed by atoms with Crippen molar-refractivity contribution in [3.63, 3.8) is 0 Å². The molecule has 3 heteroatoms. The van der Waals surface area contributed by atoms with Gasteiger partial charge in [-0.2, -0.15) is 0 Å². The summed E-state index contributed by atoms with van der Waals surface area (Å²) in [4.78, 5) is 2.18. The fourth-order valence-corrected chi connectivity index (χ4v) is 2.79. The van der Waals surface area contributed by atoms with E-state index in [1.807, 2.05) is 0 Å². The van der Waals surface area contributed by atoms with Crippen molar-refractivity contribution in [2.45, 2.75) is 45.1 Å². The zero-order valence-electron chi connectivity index (χ0n) is 12.0. The molecule has 0 aromatic heterocycles. The maximum Gasteiger partial charge on any atom is 0.0613 e. The van der Waals surface area contributed by atoms with Gasteiger partial charge in [0.15, 0.2) is 0 Å². The molecule has 17 heavy (non-hydrogen) atoms. The molecule has 3 nitrogen and oxygen atoms in total. The van der Waals surface area contributed by atoms with Gasteiger partial charge in [-0.1, -0.05) is 13.8 Å². The Morgan fingerprint density at radius 3 is 2.29 bits per heavy atom. The Morgan fingerprint density at radius 1 is 1.29 bits per heavy atom. The standard InChI is InChI=1S/C14H30N2O/c1-12(2)13-5-7-14(11-17,8-6-13)15-9-10-16(3)4/h12-13,15,17H,5-11H2,1-4H3.